The molecule has 0 spiro atoms. The Balaban J connectivity index is 1.40. The predicted octanol–water partition coefficient (Wildman–Crippen LogP) is 5.72. The molecule has 6 nitrogen and oxygen atoms in total. The van der Waals surface area contributed by atoms with E-state index in [1.165, 1.54) is 30.3 Å². The van der Waals surface area contributed by atoms with Crippen LogP contribution >= 0.6 is 23.2 Å². The van der Waals surface area contributed by atoms with Gasteiger partial charge in [-0.05, 0) is 41.5 Å². The van der Waals surface area contributed by atoms with Crippen LogP contribution in [0.15, 0.2) is 83.5 Å². The highest BCUT2D eigenvalue weighted by Crippen LogP contribution is 2.34. The van der Waals surface area contributed by atoms with Gasteiger partial charge >= 0.3 is 6.18 Å². The van der Waals surface area contributed by atoms with Crippen molar-refractivity contribution < 1.29 is 27.6 Å². The summed E-state index contributed by atoms with van der Waals surface area (Å²) in [5, 5.41) is 5.28. The number of alkyl halides is 3. The molecule has 0 saturated heterocycles. The van der Waals surface area contributed by atoms with Crippen molar-refractivity contribution in [3.63, 3.8) is 0 Å². The lowest BCUT2D eigenvalue weighted by Gasteiger charge is -2.16. The number of imide groups is 1. The summed E-state index contributed by atoms with van der Waals surface area (Å²) in [6.07, 6.45) is -4.61. The van der Waals surface area contributed by atoms with Gasteiger partial charge in [0, 0.05) is 17.1 Å². The first-order valence-corrected chi connectivity index (χ1v) is 11.6. The number of anilines is 1. The second-order valence-electron chi connectivity index (χ2n) is 8.02. The molecule has 0 saturated carbocycles. The zero-order valence-corrected chi connectivity index (χ0v) is 20.4. The van der Waals surface area contributed by atoms with E-state index < -0.39 is 29.5 Å². The van der Waals surface area contributed by atoms with Crippen LogP contribution in [0, 0.1) is 0 Å². The van der Waals surface area contributed by atoms with Gasteiger partial charge in [-0.25, -0.2) is 0 Å². The lowest BCUT2D eigenvalue weighted by atomic mass is 10.1. The average Bonchev–Trinajstić information content (AvgIpc) is 3.06. The van der Waals surface area contributed by atoms with E-state index in [1.807, 2.05) is 0 Å². The number of nitrogens with one attached hydrogen (secondary N) is 2. The fourth-order valence-electron chi connectivity index (χ4n) is 3.64. The standard InChI is InChI=1S/C26H18Cl2F3N3O3/c27-19-7-3-1-5-17(19)14-34-24(36)21(28)22(25(34)37)32-13-15-9-11-16(12-10-15)23(35)33-20-8-4-2-6-18(20)26(29,30)31/h1-12,32H,13-14H2,(H,33,35). The van der Waals surface area contributed by atoms with Crippen molar-refractivity contribution in [3.05, 3.63) is 111 Å². The highest BCUT2D eigenvalue weighted by Gasteiger charge is 2.38. The van der Waals surface area contributed by atoms with E-state index in [-0.39, 0.29) is 35.1 Å². The number of halogens is 5. The molecule has 2 N–H and O–H groups in total. The van der Waals surface area contributed by atoms with Crippen LogP contribution in [0.5, 0.6) is 0 Å². The molecule has 3 amide bonds. The number of benzene rings is 3. The maximum atomic E-state index is 13.2. The quantitative estimate of drug-likeness (QED) is 0.371. The summed E-state index contributed by atoms with van der Waals surface area (Å²) in [5.41, 5.74) is -0.00983. The Bertz CT molecular complexity index is 1410. The van der Waals surface area contributed by atoms with Crippen LogP contribution in [-0.2, 0) is 28.9 Å². The van der Waals surface area contributed by atoms with Gasteiger partial charge < -0.3 is 10.6 Å². The van der Waals surface area contributed by atoms with Crippen molar-refractivity contribution in [1.29, 1.82) is 0 Å². The smallest absolute Gasteiger partial charge is 0.375 e. The third-order valence-electron chi connectivity index (χ3n) is 5.56. The number of nitrogens with zero attached hydrogens (tertiary/aromatic N) is 1. The van der Waals surface area contributed by atoms with Crippen molar-refractivity contribution in [2.24, 2.45) is 0 Å². The Morgan fingerprint density at radius 3 is 2.19 bits per heavy atom. The van der Waals surface area contributed by atoms with Crippen LogP contribution in [0.25, 0.3) is 0 Å². The second kappa shape index (κ2) is 10.7. The minimum absolute atomic E-state index is 0.0417. The lowest BCUT2D eigenvalue weighted by Crippen LogP contribution is -2.33. The van der Waals surface area contributed by atoms with Gasteiger partial charge in [-0.3, -0.25) is 19.3 Å². The molecule has 1 aliphatic rings. The average molecular weight is 548 g/mol. The molecule has 0 aromatic heterocycles. The number of rotatable bonds is 7. The monoisotopic (exact) mass is 547 g/mol. The molecule has 37 heavy (non-hydrogen) atoms. The van der Waals surface area contributed by atoms with Crippen molar-refractivity contribution in [3.8, 4) is 0 Å². The SMILES string of the molecule is O=C(Nc1ccccc1C(F)(F)F)c1ccc(CNC2=C(Cl)C(=O)N(Cc3ccccc3Cl)C2=O)cc1. The first-order valence-electron chi connectivity index (χ1n) is 10.9. The number of para-hydroxylation sites is 1. The van der Waals surface area contributed by atoms with Gasteiger partial charge in [-0.2, -0.15) is 13.2 Å². The molecule has 0 unspecified atom stereocenters. The van der Waals surface area contributed by atoms with Crippen LogP contribution < -0.4 is 10.6 Å². The summed E-state index contributed by atoms with van der Waals surface area (Å²) in [7, 11) is 0. The summed E-state index contributed by atoms with van der Waals surface area (Å²) < 4.78 is 39.5. The highest BCUT2D eigenvalue weighted by molar-refractivity contribution is 6.47. The van der Waals surface area contributed by atoms with Gasteiger partial charge in [-0.1, -0.05) is 65.7 Å². The Morgan fingerprint density at radius 1 is 0.865 bits per heavy atom. The second-order valence-corrected chi connectivity index (χ2v) is 8.81. The fraction of sp³-hybridized carbons (Fsp3) is 0.115. The normalized spacial score (nSPS) is 13.8. The maximum Gasteiger partial charge on any atom is 0.418 e. The Kier molecular flexibility index (Phi) is 7.56. The Labute approximate surface area is 219 Å². The van der Waals surface area contributed by atoms with E-state index in [2.05, 4.69) is 10.6 Å². The molecule has 0 fully saturated rings. The minimum atomic E-state index is -4.61. The molecule has 11 heteroatoms. The predicted molar refractivity (Wildman–Crippen MR) is 133 cm³/mol. The number of carbonyl (C=O) groups is 3. The number of hydrogen-bond acceptors (Lipinski definition) is 4. The van der Waals surface area contributed by atoms with Crippen molar-refractivity contribution in [2.75, 3.05) is 5.32 Å². The molecule has 1 heterocycles. The molecule has 3 aromatic carbocycles. The molecule has 1 aliphatic heterocycles. The Hall–Kier alpha value is -3.82. The van der Waals surface area contributed by atoms with E-state index in [9.17, 15) is 27.6 Å². The van der Waals surface area contributed by atoms with E-state index in [1.54, 1.807) is 36.4 Å². The summed E-state index contributed by atoms with van der Waals surface area (Å²) in [6, 6.07) is 17.5. The van der Waals surface area contributed by atoms with Crippen molar-refractivity contribution in [1.82, 2.24) is 10.2 Å². The summed E-state index contributed by atoms with van der Waals surface area (Å²) in [6.45, 7) is 0.0589. The first kappa shape index (κ1) is 26.2. The number of amides is 3. The van der Waals surface area contributed by atoms with Gasteiger partial charge in [0.15, 0.2) is 0 Å². The van der Waals surface area contributed by atoms with Crippen LogP contribution in [0.2, 0.25) is 5.02 Å². The summed E-state index contributed by atoms with van der Waals surface area (Å²) >= 11 is 12.2. The molecule has 190 valence electrons. The first-order chi connectivity index (χ1) is 17.6. The van der Waals surface area contributed by atoms with Crippen LogP contribution in [0.3, 0.4) is 0 Å². The molecule has 3 aromatic rings. The zero-order chi connectivity index (χ0) is 26.7. The molecule has 0 bridgehead atoms. The van der Waals surface area contributed by atoms with Gasteiger partial charge in [0.25, 0.3) is 17.7 Å². The van der Waals surface area contributed by atoms with E-state index in [4.69, 9.17) is 23.2 Å². The Morgan fingerprint density at radius 2 is 1.51 bits per heavy atom. The summed E-state index contributed by atoms with van der Waals surface area (Å²) in [5.74, 6) is -1.97. The molecule has 0 atom stereocenters. The molecule has 0 radical (unpaired) electrons. The molecule has 0 aliphatic carbocycles. The van der Waals surface area contributed by atoms with Crippen molar-refractivity contribution >= 4 is 46.6 Å². The van der Waals surface area contributed by atoms with E-state index in [0.29, 0.717) is 16.1 Å². The van der Waals surface area contributed by atoms with Crippen LogP contribution in [0.4, 0.5) is 18.9 Å². The van der Waals surface area contributed by atoms with Crippen LogP contribution in [-0.4, -0.2) is 22.6 Å². The number of carbonyl (C=O) groups excluding carboxylic acids is 3. The van der Waals surface area contributed by atoms with Gasteiger partial charge in [0.2, 0.25) is 0 Å². The molecular formula is C26H18Cl2F3N3O3. The summed E-state index contributed by atoms with van der Waals surface area (Å²) in [4.78, 5) is 38.8. The maximum absolute atomic E-state index is 13.2. The third kappa shape index (κ3) is 5.79. The highest BCUT2D eigenvalue weighted by atomic mass is 35.5. The van der Waals surface area contributed by atoms with Crippen molar-refractivity contribution in [2.45, 2.75) is 19.3 Å². The largest absolute Gasteiger partial charge is 0.418 e. The van der Waals surface area contributed by atoms with Gasteiger partial charge in [0.1, 0.15) is 10.7 Å². The molecule has 4 rings (SSSR count). The van der Waals surface area contributed by atoms with Gasteiger partial charge in [0.05, 0.1) is 17.8 Å². The van der Waals surface area contributed by atoms with Gasteiger partial charge in [-0.15, -0.1) is 0 Å². The fourth-order valence-corrected chi connectivity index (χ4v) is 4.08. The number of hydrogen-bond donors (Lipinski definition) is 2. The van der Waals surface area contributed by atoms with E-state index in [0.717, 1.165) is 11.0 Å². The van der Waals surface area contributed by atoms with E-state index >= 15 is 0 Å². The topological polar surface area (TPSA) is 78.5 Å². The zero-order valence-electron chi connectivity index (χ0n) is 18.9. The minimum Gasteiger partial charge on any atom is -0.375 e. The lowest BCUT2D eigenvalue weighted by molar-refractivity contribution is -0.138. The third-order valence-corrected chi connectivity index (χ3v) is 6.28. The molecular weight excluding hydrogens is 530 g/mol. The van der Waals surface area contributed by atoms with Crippen LogP contribution in [0.1, 0.15) is 27.0 Å².